The molecule has 0 aromatic heterocycles. The van der Waals surface area contributed by atoms with E-state index >= 15 is 0 Å². The lowest BCUT2D eigenvalue weighted by atomic mass is 9.90. The zero-order valence-corrected chi connectivity index (χ0v) is 20.9. The van der Waals surface area contributed by atoms with Crippen LogP contribution < -0.4 is 10.2 Å². The molecule has 8 nitrogen and oxygen atoms in total. The van der Waals surface area contributed by atoms with Crippen LogP contribution in [0.25, 0.3) is 0 Å². The summed E-state index contributed by atoms with van der Waals surface area (Å²) in [4.78, 5) is 39.8. The van der Waals surface area contributed by atoms with Crippen molar-refractivity contribution in [3.05, 3.63) is 69.8 Å². The van der Waals surface area contributed by atoms with Gasteiger partial charge in [0.25, 0.3) is 5.69 Å². The zero-order valence-electron chi connectivity index (χ0n) is 20.9. The summed E-state index contributed by atoms with van der Waals surface area (Å²) in [5, 5.41) is 15.5. The van der Waals surface area contributed by atoms with Gasteiger partial charge in [-0.1, -0.05) is 68.9 Å². The molecule has 0 saturated heterocycles. The first-order valence-corrected chi connectivity index (χ1v) is 13.0. The van der Waals surface area contributed by atoms with E-state index < -0.39 is 16.9 Å². The Kier molecular flexibility index (Phi) is 8.57. The Balaban J connectivity index is 1.82. The maximum atomic E-state index is 14.0. The molecule has 4 rings (SSSR count). The predicted octanol–water partition coefficient (Wildman–Crippen LogP) is 5.71. The number of nitrogens with one attached hydrogen (secondary N) is 1. The number of amides is 1. The number of nitrogens with zero attached hydrogens (tertiary/aromatic N) is 2. The van der Waals surface area contributed by atoms with Gasteiger partial charge in [0.05, 0.1) is 17.6 Å². The van der Waals surface area contributed by atoms with Crippen molar-refractivity contribution < 1.29 is 19.2 Å². The number of rotatable bonds is 8. The van der Waals surface area contributed by atoms with Crippen LogP contribution in [-0.4, -0.2) is 36.0 Å². The molecular formula is C28H35N3O5. The number of ether oxygens (including phenoxy) is 1. The average molecular weight is 494 g/mol. The minimum absolute atomic E-state index is 0.0382. The first kappa shape index (κ1) is 25.7. The predicted molar refractivity (Wildman–Crippen MR) is 138 cm³/mol. The van der Waals surface area contributed by atoms with E-state index in [9.17, 15) is 19.7 Å². The van der Waals surface area contributed by atoms with Crippen LogP contribution in [0.2, 0.25) is 0 Å². The van der Waals surface area contributed by atoms with Gasteiger partial charge in [0.1, 0.15) is 11.7 Å². The molecule has 1 N–H and O–H groups in total. The van der Waals surface area contributed by atoms with Gasteiger partial charge >= 0.3 is 5.97 Å². The third-order valence-electron chi connectivity index (χ3n) is 7.43. The van der Waals surface area contributed by atoms with Gasteiger partial charge in [0, 0.05) is 18.2 Å². The number of hydrogen-bond donors (Lipinski definition) is 1. The van der Waals surface area contributed by atoms with Gasteiger partial charge in [0.2, 0.25) is 5.91 Å². The molecule has 0 spiro atoms. The van der Waals surface area contributed by atoms with E-state index in [1.807, 2.05) is 35.2 Å². The molecule has 2 aromatic carbocycles. The molecule has 8 heteroatoms. The number of anilines is 1. The number of hydrogen-bond acceptors (Lipinski definition) is 6. The fourth-order valence-electron chi connectivity index (χ4n) is 5.64. The lowest BCUT2D eigenvalue weighted by Gasteiger charge is -2.41. The first-order valence-electron chi connectivity index (χ1n) is 13.0. The highest BCUT2D eigenvalue weighted by Crippen LogP contribution is 2.40. The number of nitro benzene ring substituents is 1. The minimum Gasteiger partial charge on any atom is -0.465 e. The second-order valence-electron chi connectivity index (χ2n) is 9.81. The summed E-state index contributed by atoms with van der Waals surface area (Å²) in [7, 11) is 1.25. The van der Waals surface area contributed by atoms with Gasteiger partial charge in [-0.15, -0.1) is 0 Å². The largest absolute Gasteiger partial charge is 0.465 e. The Morgan fingerprint density at radius 2 is 1.61 bits per heavy atom. The van der Waals surface area contributed by atoms with Gasteiger partial charge in [-0.3, -0.25) is 14.9 Å². The van der Waals surface area contributed by atoms with Crippen molar-refractivity contribution in [1.82, 2.24) is 5.32 Å². The standard InChI is InChI=1S/C28H35N3O5/c1-36-28(33)21-17-18-24(25(19-21)31(34)35)30(23-15-9-4-10-16-23)26(20-11-5-2-6-12-20)27(32)29-22-13-7-3-8-14-22/h2,5-6,11-12,17-19,22-23,26H,3-4,7-10,13-16H2,1H3,(H,29,32). The van der Waals surface area contributed by atoms with Crippen LogP contribution in [0.15, 0.2) is 48.5 Å². The summed E-state index contributed by atoms with van der Waals surface area (Å²) in [6.45, 7) is 0. The van der Waals surface area contributed by atoms with Crippen LogP contribution in [0.5, 0.6) is 0 Å². The smallest absolute Gasteiger partial charge is 0.338 e. The van der Waals surface area contributed by atoms with Gasteiger partial charge in [-0.25, -0.2) is 4.79 Å². The molecule has 1 unspecified atom stereocenters. The van der Waals surface area contributed by atoms with E-state index in [1.165, 1.54) is 19.6 Å². The Labute approximate surface area is 212 Å². The second-order valence-corrected chi connectivity index (χ2v) is 9.81. The van der Waals surface area contributed by atoms with Crippen molar-refractivity contribution in [2.45, 2.75) is 82.3 Å². The molecule has 0 heterocycles. The van der Waals surface area contributed by atoms with Gasteiger partial charge in [0.15, 0.2) is 0 Å². The number of benzene rings is 2. The van der Waals surface area contributed by atoms with Crippen molar-refractivity contribution in [3.63, 3.8) is 0 Å². The van der Waals surface area contributed by atoms with Crippen LogP contribution in [0.4, 0.5) is 11.4 Å². The van der Waals surface area contributed by atoms with Crippen LogP contribution in [0.3, 0.4) is 0 Å². The highest BCUT2D eigenvalue weighted by molar-refractivity contribution is 5.92. The Hall–Kier alpha value is -3.42. The van der Waals surface area contributed by atoms with Crippen molar-refractivity contribution in [2.75, 3.05) is 12.0 Å². The number of carbonyl (C=O) groups is 2. The van der Waals surface area contributed by atoms with Gasteiger partial charge < -0.3 is 15.0 Å². The maximum Gasteiger partial charge on any atom is 0.338 e. The topological polar surface area (TPSA) is 102 Å². The maximum absolute atomic E-state index is 14.0. The van der Waals surface area contributed by atoms with Gasteiger partial charge in [-0.2, -0.15) is 0 Å². The minimum atomic E-state index is -0.723. The summed E-state index contributed by atoms with van der Waals surface area (Å²) in [6, 6.07) is 13.3. The van der Waals surface area contributed by atoms with Crippen molar-refractivity contribution >= 4 is 23.3 Å². The molecule has 1 amide bonds. The zero-order chi connectivity index (χ0) is 25.5. The van der Waals surface area contributed by atoms with E-state index in [0.717, 1.165) is 63.4 Å². The van der Waals surface area contributed by atoms with E-state index in [-0.39, 0.29) is 29.2 Å². The summed E-state index contributed by atoms with van der Waals surface area (Å²) >= 11 is 0. The quantitative estimate of drug-likeness (QED) is 0.287. The normalized spacial score (nSPS) is 17.7. The fourth-order valence-corrected chi connectivity index (χ4v) is 5.64. The van der Waals surface area contributed by atoms with Crippen LogP contribution in [0.1, 0.15) is 86.2 Å². The Bertz CT molecular complexity index is 1060. The third kappa shape index (κ3) is 5.86. The average Bonchev–Trinajstić information content (AvgIpc) is 2.92. The molecule has 2 fully saturated rings. The monoisotopic (exact) mass is 493 g/mol. The SMILES string of the molecule is COC(=O)c1ccc(N(C2CCCCC2)C(C(=O)NC2CCCCC2)c2ccccc2)c([N+](=O)[O-])c1. The lowest BCUT2D eigenvalue weighted by Crippen LogP contribution is -2.49. The van der Waals surface area contributed by atoms with Crippen molar-refractivity contribution in [1.29, 1.82) is 0 Å². The van der Waals surface area contributed by atoms with E-state index in [1.54, 1.807) is 12.1 Å². The van der Waals surface area contributed by atoms with E-state index in [2.05, 4.69) is 5.32 Å². The molecule has 1 atom stereocenters. The number of carbonyl (C=O) groups excluding carboxylic acids is 2. The molecule has 0 bridgehead atoms. The fraction of sp³-hybridized carbons (Fsp3) is 0.500. The third-order valence-corrected chi connectivity index (χ3v) is 7.43. The highest BCUT2D eigenvalue weighted by atomic mass is 16.6. The van der Waals surface area contributed by atoms with Gasteiger partial charge in [-0.05, 0) is 43.4 Å². The molecule has 0 aliphatic heterocycles. The van der Waals surface area contributed by atoms with Crippen molar-refractivity contribution in [2.24, 2.45) is 0 Å². The molecule has 2 aliphatic rings. The first-order chi connectivity index (χ1) is 17.5. The van der Waals surface area contributed by atoms with Crippen LogP contribution >= 0.6 is 0 Å². The highest BCUT2D eigenvalue weighted by Gasteiger charge is 2.38. The summed E-state index contributed by atoms with van der Waals surface area (Å²) < 4.78 is 4.79. The summed E-state index contributed by atoms with van der Waals surface area (Å²) in [5.74, 6) is -0.770. The molecule has 192 valence electrons. The molecule has 2 aliphatic carbocycles. The molecular weight excluding hydrogens is 458 g/mol. The van der Waals surface area contributed by atoms with Crippen LogP contribution in [0, 0.1) is 10.1 Å². The number of methoxy groups -OCH3 is 1. The second kappa shape index (κ2) is 12.0. The molecule has 2 saturated carbocycles. The van der Waals surface area contributed by atoms with Crippen molar-refractivity contribution in [3.8, 4) is 0 Å². The lowest BCUT2D eigenvalue weighted by molar-refractivity contribution is -0.384. The van der Waals surface area contributed by atoms with E-state index in [4.69, 9.17) is 4.74 Å². The number of esters is 1. The molecule has 2 aromatic rings. The summed E-state index contributed by atoms with van der Waals surface area (Å²) in [6.07, 6.45) is 10.1. The molecule has 36 heavy (non-hydrogen) atoms. The number of nitro groups is 1. The Morgan fingerprint density at radius 1 is 0.972 bits per heavy atom. The van der Waals surface area contributed by atoms with Crippen LogP contribution in [-0.2, 0) is 9.53 Å². The molecule has 0 radical (unpaired) electrons. The van der Waals surface area contributed by atoms with E-state index in [0.29, 0.717) is 5.69 Å². The Morgan fingerprint density at radius 3 is 2.22 bits per heavy atom. The summed E-state index contributed by atoms with van der Waals surface area (Å²) in [5.41, 5.74) is 1.06.